The average Bonchev–Trinajstić information content (AvgIpc) is 2.65. The molecule has 0 bridgehead atoms. The van der Waals surface area contributed by atoms with E-state index in [1.807, 2.05) is 0 Å². The third-order valence-electron chi connectivity index (χ3n) is 3.23. The second-order valence-corrected chi connectivity index (χ2v) is 4.46. The van der Waals surface area contributed by atoms with Gasteiger partial charge in [0.15, 0.2) is 0 Å². The van der Waals surface area contributed by atoms with Crippen LogP contribution in [0.2, 0.25) is 0 Å². The first-order chi connectivity index (χ1) is 7.66. The first kappa shape index (κ1) is 10.9. The van der Waals surface area contributed by atoms with E-state index >= 15 is 0 Å². The van der Waals surface area contributed by atoms with Crippen LogP contribution in [0.5, 0.6) is 0 Å². The number of nitrogens with zero attached hydrogens (tertiary/aromatic N) is 1. The fourth-order valence-electron chi connectivity index (χ4n) is 2.15. The molecule has 1 fully saturated rings. The number of pyridine rings is 1. The highest BCUT2D eigenvalue weighted by Crippen LogP contribution is 2.24. The predicted octanol–water partition coefficient (Wildman–Crippen LogP) is 1.58. The van der Waals surface area contributed by atoms with E-state index in [4.69, 9.17) is 5.73 Å². The number of hydrogen-bond acceptors (Lipinski definition) is 3. The molecule has 2 atom stereocenters. The molecular formula is C12H17N3O. The summed E-state index contributed by atoms with van der Waals surface area (Å²) in [5, 5.41) is 3.04. The Bertz CT molecular complexity index is 374. The molecule has 0 spiro atoms. The van der Waals surface area contributed by atoms with Gasteiger partial charge in [0.2, 0.25) is 0 Å². The number of nitrogens with two attached hydrogens (primary N) is 1. The van der Waals surface area contributed by atoms with Crippen LogP contribution in [-0.2, 0) is 0 Å². The molecule has 0 saturated heterocycles. The minimum absolute atomic E-state index is 0.0498. The standard InChI is InChI=1S/C12H17N3O/c1-8-3-2-4-10(8)15-12(16)9-5-6-11(13)14-7-9/h5-8,10H,2-4H2,1H3,(H2,13,14)(H,15,16). The Hall–Kier alpha value is -1.58. The van der Waals surface area contributed by atoms with Gasteiger partial charge in [0, 0.05) is 12.2 Å². The van der Waals surface area contributed by atoms with Crippen LogP contribution in [0.3, 0.4) is 0 Å². The number of rotatable bonds is 2. The summed E-state index contributed by atoms with van der Waals surface area (Å²) in [7, 11) is 0. The Balaban J connectivity index is 2.00. The van der Waals surface area contributed by atoms with Gasteiger partial charge in [-0.25, -0.2) is 4.98 Å². The lowest BCUT2D eigenvalue weighted by Gasteiger charge is -2.17. The molecule has 1 aromatic rings. The molecule has 1 heterocycles. The number of anilines is 1. The zero-order chi connectivity index (χ0) is 11.5. The second-order valence-electron chi connectivity index (χ2n) is 4.46. The van der Waals surface area contributed by atoms with Gasteiger partial charge >= 0.3 is 0 Å². The smallest absolute Gasteiger partial charge is 0.253 e. The highest BCUT2D eigenvalue weighted by Gasteiger charge is 2.24. The quantitative estimate of drug-likeness (QED) is 0.793. The first-order valence-electron chi connectivity index (χ1n) is 5.69. The van der Waals surface area contributed by atoms with Gasteiger partial charge in [-0.15, -0.1) is 0 Å². The second kappa shape index (κ2) is 4.51. The van der Waals surface area contributed by atoms with Gasteiger partial charge in [-0.1, -0.05) is 13.3 Å². The Morgan fingerprint density at radius 3 is 2.88 bits per heavy atom. The zero-order valence-electron chi connectivity index (χ0n) is 9.44. The molecule has 0 radical (unpaired) electrons. The molecule has 0 aliphatic heterocycles. The first-order valence-corrected chi connectivity index (χ1v) is 5.69. The number of aromatic nitrogens is 1. The number of carbonyl (C=O) groups excluding carboxylic acids is 1. The Kier molecular flexibility index (Phi) is 3.08. The van der Waals surface area contributed by atoms with Gasteiger partial charge in [0.1, 0.15) is 5.82 Å². The maximum Gasteiger partial charge on any atom is 0.253 e. The largest absolute Gasteiger partial charge is 0.384 e. The van der Waals surface area contributed by atoms with Crippen molar-refractivity contribution in [3.8, 4) is 0 Å². The molecular weight excluding hydrogens is 202 g/mol. The van der Waals surface area contributed by atoms with E-state index in [1.165, 1.54) is 19.0 Å². The summed E-state index contributed by atoms with van der Waals surface area (Å²) in [6, 6.07) is 3.66. The van der Waals surface area contributed by atoms with Crippen molar-refractivity contribution < 1.29 is 4.79 Å². The van der Waals surface area contributed by atoms with Crippen molar-refractivity contribution in [3.05, 3.63) is 23.9 Å². The molecule has 1 aliphatic rings. The summed E-state index contributed by atoms with van der Waals surface area (Å²) in [5.41, 5.74) is 6.05. The number of carbonyl (C=O) groups is 1. The van der Waals surface area contributed by atoms with E-state index in [2.05, 4.69) is 17.2 Å². The van der Waals surface area contributed by atoms with Crippen LogP contribution in [0.4, 0.5) is 5.82 Å². The lowest BCUT2D eigenvalue weighted by Crippen LogP contribution is -2.36. The third-order valence-corrected chi connectivity index (χ3v) is 3.23. The number of nitrogen functional groups attached to an aromatic ring is 1. The van der Waals surface area contributed by atoms with E-state index in [0.29, 0.717) is 23.3 Å². The van der Waals surface area contributed by atoms with Crippen molar-refractivity contribution in [1.29, 1.82) is 0 Å². The SMILES string of the molecule is CC1CCCC1NC(=O)c1ccc(N)nc1. The monoisotopic (exact) mass is 219 g/mol. The number of amides is 1. The van der Waals surface area contributed by atoms with Crippen molar-refractivity contribution >= 4 is 11.7 Å². The highest BCUT2D eigenvalue weighted by atomic mass is 16.1. The molecule has 2 rings (SSSR count). The Labute approximate surface area is 95.3 Å². The summed E-state index contributed by atoms with van der Waals surface area (Å²) in [4.78, 5) is 15.8. The molecule has 16 heavy (non-hydrogen) atoms. The summed E-state index contributed by atoms with van der Waals surface area (Å²) in [6.07, 6.45) is 5.00. The topological polar surface area (TPSA) is 68.0 Å². The van der Waals surface area contributed by atoms with Crippen molar-refractivity contribution in [2.75, 3.05) is 5.73 Å². The van der Waals surface area contributed by atoms with Gasteiger partial charge in [0.05, 0.1) is 5.56 Å². The van der Waals surface area contributed by atoms with E-state index < -0.39 is 0 Å². The minimum Gasteiger partial charge on any atom is -0.384 e. The third kappa shape index (κ3) is 2.32. The molecule has 1 aliphatic carbocycles. The molecule has 2 unspecified atom stereocenters. The molecule has 1 amide bonds. The number of nitrogens with one attached hydrogen (secondary N) is 1. The van der Waals surface area contributed by atoms with E-state index in [-0.39, 0.29) is 5.91 Å². The lowest BCUT2D eigenvalue weighted by atomic mass is 10.1. The van der Waals surface area contributed by atoms with Gasteiger partial charge in [0.25, 0.3) is 5.91 Å². The van der Waals surface area contributed by atoms with Crippen LogP contribution in [0.1, 0.15) is 36.5 Å². The summed E-state index contributed by atoms with van der Waals surface area (Å²) >= 11 is 0. The van der Waals surface area contributed by atoms with Crippen molar-refractivity contribution in [1.82, 2.24) is 10.3 Å². The number of hydrogen-bond donors (Lipinski definition) is 2. The highest BCUT2D eigenvalue weighted by molar-refractivity contribution is 5.94. The summed E-state index contributed by atoms with van der Waals surface area (Å²) in [5.74, 6) is 0.961. The normalized spacial score (nSPS) is 24.3. The molecule has 4 nitrogen and oxygen atoms in total. The molecule has 3 N–H and O–H groups in total. The van der Waals surface area contributed by atoms with E-state index in [1.54, 1.807) is 12.1 Å². The average molecular weight is 219 g/mol. The van der Waals surface area contributed by atoms with Gasteiger partial charge < -0.3 is 11.1 Å². The van der Waals surface area contributed by atoms with Gasteiger partial charge in [-0.2, -0.15) is 0 Å². The van der Waals surface area contributed by atoms with Crippen LogP contribution in [0.25, 0.3) is 0 Å². The fourth-order valence-corrected chi connectivity index (χ4v) is 2.15. The van der Waals surface area contributed by atoms with Crippen molar-refractivity contribution in [3.63, 3.8) is 0 Å². The summed E-state index contributed by atoms with van der Waals surface area (Å²) in [6.45, 7) is 2.18. The van der Waals surface area contributed by atoms with Crippen LogP contribution in [-0.4, -0.2) is 16.9 Å². The van der Waals surface area contributed by atoms with E-state index in [0.717, 1.165) is 6.42 Å². The molecule has 4 heteroatoms. The van der Waals surface area contributed by atoms with E-state index in [9.17, 15) is 4.79 Å². The molecule has 0 aromatic carbocycles. The Morgan fingerprint density at radius 1 is 1.50 bits per heavy atom. The van der Waals surface area contributed by atoms with Crippen molar-refractivity contribution in [2.45, 2.75) is 32.2 Å². The van der Waals surface area contributed by atoms with Crippen LogP contribution in [0.15, 0.2) is 18.3 Å². The predicted molar refractivity (Wildman–Crippen MR) is 62.9 cm³/mol. The maximum absolute atomic E-state index is 11.9. The van der Waals surface area contributed by atoms with Gasteiger partial charge in [-0.3, -0.25) is 4.79 Å². The zero-order valence-corrected chi connectivity index (χ0v) is 9.44. The fraction of sp³-hybridized carbons (Fsp3) is 0.500. The van der Waals surface area contributed by atoms with Crippen LogP contribution in [0, 0.1) is 5.92 Å². The van der Waals surface area contributed by atoms with Crippen LogP contribution < -0.4 is 11.1 Å². The maximum atomic E-state index is 11.9. The Morgan fingerprint density at radius 2 is 2.31 bits per heavy atom. The summed E-state index contributed by atoms with van der Waals surface area (Å²) < 4.78 is 0. The molecule has 1 aromatic heterocycles. The molecule has 86 valence electrons. The lowest BCUT2D eigenvalue weighted by molar-refractivity contribution is 0.0929. The van der Waals surface area contributed by atoms with Gasteiger partial charge in [-0.05, 0) is 30.9 Å². The minimum atomic E-state index is -0.0498. The molecule has 1 saturated carbocycles. The van der Waals surface area contributed by atoms with Crippen molar-refractivity contribution in [2.24, 2.45) is 5.92 Å². The van der Waals surface area contributed by atoms with Crippen LogP contribution >= 0.6 is 0 Å².